The molecule has 7 nitrogen and oxygen atoms in total. The van der Waals surface area contributed by atoms with Crippen molar-refractivity contribution in [2.75, 3.05) is 19.8 Å². The Morgan fingerprint density at radius 1 is 0.477 bits per heavy atom. The van der Waals surface area contributed by atoms with Gasteiger partial charge in [-0.3, -0.25) is 0 Å². The van der Waals surface area contributed by atoms with Gasteiger partial charge >= 0.3 is 0 Å². The van der Waals surface area contributed by atoms with Crippen molar-refractivity contribution in [3.8, 4) is 0 Å². The number of ether oxygens (including phenoxy) is 7. The topological polar surface area (TPSA) is 67.9 Å². The van der Waals surface area contributed by atoms with E-state index < -0.39 is 30.7 Å². The first-order chi connectivity index (χ1) is 21.8. The van der Waals surface area contributed by atoms with Crippen molar-refractivity contribution in [3.63, 3.8) is 0 Å². The molecule has 6 rings (SSSR count). The maximum absolute atomic E-state index is 6.72. The second-order valence-corrected chi connectivity index (χ2v) is 11.1. The zero-order chi connectivity index (χ0) is 29.8. The molecule has 0 saturated carbocycles. The van der Waals surface area contributed by atoms with E-state index in [0.717, 1.165) is 22.3 Å². The van der Waals surface area contributed by atoms with Crippen molar-refractivity contribution in [1.29, 1.82) is 0 Å². The van der Waals surface area contributed by atoms with E-state index in [9.17, 15) is 0 Å². The Balaban J connectivity index is 1.26. The molecular formula is C37H40O7. The average Bonchev–Trinajstić information content (AvgIpc) is 3.92. The molecule has 0 aliphatic carbocycles. The van der Waals surface area contributed by atoms with Crippen molar-refractivity contribution in [2.24, 2.45) is 0 Å². The summed E-state index contributed by atoms with van der Waals surface area (Å²) in [4.78, 5) is 0. The third-order valence-electron chi connectivity index (χ3n) is 7.69. The molecule has 4 aromatic carbocycles. The van der Waals surface area contributed by atoms with E-state index in [1.165, 1.54) is 0 Å². The van der Waals surface area contributed by atoms with Gasteiger partial charge in [-0.05, 0) is 22.3 Å². The minimum atomic E-state index is -0.703. The monoisotopic (exact) mass is 596 g/mol. The summed E-state index contributed by atoms with van der Waals surface area (Å²) in [6.45, 7) is 3.00. The van der Waals surface area contributed by atoms with E-state index in [2.05, 4.69) is 24.3 Å². The van der Waals surface area contributed by atoms with E-state index in [1.807, 2.05) is 97.1 Å². The highest BCUT2D eigenvalue weighted by molar-refractivity contribution is 5.16. The highest BCUT2D eigenvalue weighted by Gasteiger charge is 2.49. The lowest BCUT2D eigenvalue weighted by molar-refractivity contribution is -0.328. The Hall–Kier alpha value is -3.40. The lowest BCUT2D eigenvalue weighted by Gasteiger charge is -2.45. The standard InChI is InChI=1S/C37H40O7/c1-5-13-28(14-6-1)21-38-27-33-34(40-22-29-15-7-2-8-16-29)35(41-23-30-17-9-3-10-18-30)36(37(44-33)43-26-32-25-39-32)42-24-31-19-11-4-12-20-31/h1-20,32-37H,21-27H2/t32-,33+,34+,35-,36-,37-/m0/s1. The second-order valence-electron chi connectivity index (χ2n) is 11.1. The first kappa shape index (κ1) is 30.6. The molecule has 7 heteroatoms. The largest absolute Gasteiger partial charge is 0.374 e. The lowest BCUT2D eigenvalue weighted by Crippen LogP contribution is -2.62. The van der Waals surface area contributed by atoms with Crippen LogP contribution in [-0.2, 0) is 59.6 Å². The highest BCUT2D eigenvalue weighted by Crippen LogP contribution is 2.32. The van der Waals surface area contributed by atoms with Gasteiger partial charge in [0.25, 0.3) is 0 Å². The van der Waals surface area contributed by atoms with Gasteiger partial charge in [-0.15, -0.1) is 0 Å². The third kappa shape index (κ3) is 9.06. The SMILES string of the molecule is c1ccc(COC[C@H]2O[C@H](OC[C@@H]3CO3)[C@@H](OCc3ccccc3)[C@@H](OCc3ccccc3)[C@@H]2OCc2ccccc2)cc1. The molecule has 230 valence electrons. The number of hydrogen-bond acceptors (Lipinski definition) is 7. The Kier molecular flexibility index (Phi) is 11.2. The van der Waals surface area contributed by atoms with E-state index in [4.69, 9.17) is 33.2 Å². The lowest BCUT2D eigenvalue weighted by atomic mass is 9.97. The predicted octanol–water partition coefficient (Wildman–Crippen LogP) is 6.10. The van der Waals surface area contributed by atoms with Crippen LogP contribution >= 0.6 is 0 Å². The van der Waals surface area contributed by atoms with Crippen LogP contribution < -0.4 is 0 Å². The molecule has 0 N–H and O–H groups in total. The molecule has 2 heterocycles. The van der Waals surface area contributed by atoms with Crippen molar-refractivity contribution >= 4 is 0 Å². The first-order valence-corrected chi connectivity index (χ1v) is 15.3. The molecule has 2 fully saturated rings. The maximum Gasteiger partial charge on any atom is 0.187 e. The van der Waals surface area contributed by atoms with Gasteiger partial charge < -0.3 is 33.2 Å². The van der Waals surface area contributed by atoms with Crippen molar-refractivity contribution < 1.29 is 33.2 Å². The molecule has 0 radical (unpaired) electrons. The van der Waals surface area contributed by atoms with Gasteiger partial charge in [0.05, 0.1) is 46.2 Å². The maximum atomic E-state index is 6.72. The molecule has 6 atom stereocenters. The molecule has 4 aromatic rings. The zero-order valence-electron chi connectivity index (χ0n) is 24.8. The molecule has 0 unspecified atom stereocenters. The zero-order valence-corrected chi connectivity index (χ0v) is 24.8. The highest BCUT2D eigenvalue weighted by atomic mass is 16.7. The minimum Gasteiger partial charge on any atom is -0.374 e. The van der Waals surface area contributed by atoms with Crippen molar-refractivity contribution in [1.82, 2.24) is 0 Å². The number of epoxide rings is 1. The van der Waals surface area contributed by atoms with E-state index in [0.29, 0.717) is 46.2 Å². The summed E-state index contributed by atoms with van der Waals surface area (Å²) in [5.74, 6) is 0. The molecule has 2 saturated heterocycles. The summed E-state index contributed by atoms with van der Waals surface area (Å²) in [7, 11) is 0. The Labute approximate surface area is 259 Å². The van der Waals surface area contributed by atoms with Crippen molar-refractivity contribution in [2.45, 2.75) is 63.2 Å². The summed E-state index contributed by atoms with van der Waals surface area (Å²) in [6, 6.07) is 40.4. The molecular weight excluding hydrogens is 556 g/mol. The van der Waals surface area contributed by atoms with Crippen molar-refractivity contribution in [3.05, 3.63) is 144 Å². The van der Waals surface area contributed by atoms with Gasteiger partial charge in [0.1, 0.15) is 30.5 Å². The first-order valence-electron chi connectivity index (χ1n) is 15.3. The van der Waals surface area contributed by atoms with Gasteiger partial charge in [-0.1, -0.05) is 121 Å². The smallest absolute Gasteiger partial charge is 0.187 e. The van der Waals surface area contributed by atoms with Crippen LogP contribution in [0.2, 0.25) is 0 Å². The van der Waals surface area contributed by atoms with Gasteiger partial charge in [0.15, 0.2) is 6.29 Å². The quantitative estimate of drug-likeness (QED) is 0.145. The molecule has 2 aliphatic heterocycles. The molecule has 0 bridgehead atoms. The molecule has 44 heavy (non-hydrogen) atoms. The van der Waals surface area contributed by atoms with Gasteiger partial charge in [0.2, 0.25) is 0 Å². The van der Waals surface area contributed by atoms with Crippen LogP contribution in [0, 0.1) is 0 Å². The minimum absolute atomic E-state index is 0.0666. The van der Waals surface area contributed by atoms with Crippen LogP contribution in [-0.4, -0.2) is 56.6 Å². The molecule has 0 aromatic heterocycles. The van der Waals surface area contributed by atoms with Crippen LogP contribution in [0.4, 0.5) is 0 Å². The Morgan fingerprint density at radius 3 is 1.39 bits per heavy atom. The summed E-state index contributed by atoms with van der Waals surface area (Å²) in [5.41, 5.74) is 4.26. The van der Waals surface area contributed by atoms with Gasteiger partial charge in [-0.2, -0.15) is 0 Å². The van der Waals surface area contributed by atoms with E-state index in [-0.39, 0.29) is 6.10 Å². The van der Waals surface area contributed by atoms with Crippen LogP contribution in [0.1, 0.15) is 22.3 Å². The van der Waals surface area contributed by atoms with Crippen LogP contribution in [0.25, 0.3) is 0 Å². The molecule has 2 aliphatic rings. The van der Waals surface area contributed by atoms with E-state index >= 15 is 0 Å². The van der Waals surface area contributed by atoms with Crippen LogP contribution in [0.5, 0.6) is 0 Å². The Bertz CT molecular complexity index is 1350. The molecule has 0 amide bonds. The van der Waals surface area contributed by atoms with Gasteiger partial charge in [0, 0.05) is 0 Å². The molecule has 0 spiro atoms. The Morgan fingerprint density at radius 2 is 0.909 bits per heavy atom. The normalized spacial score (nSPS) is 24.6. The summed E-state index contributed by atoms with van der Waals surface area (Å²) < 4.78 is 44.6. The number of rotatable bonds is 16. The second kappa shape index (κ2) is 16.1. The summed E-state index contributed by atoms with van der Waals surface area (Å²) in [6.07, 6.45) is -2.67. The third-order valence-corrected chi connectivity index (χ3v) is 7.69. The number of hydrogen-bond donors (Lipinski definition) is 0. The predicted molar refractivity (Wildman–Crippen MR) is 166 cm³/mol. The summed E-state index contributed by atoms with van der Waals surface area (Å²) in [5, 5.41) is 0. The fraction of sp³-hybridized carbons (Fsp3) is 0.351. The van der Waals surface area contributed by atoms with Crippen LogP contribution in [0.3, 0.4) is 0 Å². The fourth-order valence-corrected chi connectivity index (χ4v) is 5.25. The fourth-order valence-electron chi connectivity index (χ4n) is 5.25. The van der Waals surface area contributed by atoms with E-state index in [1.54, 1.807) is 0 Å². The number of benzene rings is 4. The summed E-state index contributed by atoms with van der Waals surface area (Å²) >= 11 is 0. The van der Waals surface area contributed by atoms with Crippen LogP contribution in [0.15, 0.2) is 121 Å². The average molecular weight is 597 g/mol. The van der Waals surface area contributed by atoms with Gasteiger partial charge in [-0.25, -0.2) is 0 Å².